The molecule has 3 rings (SSSR count). The predicted molar refractivity (Wildman–Crippen MR) is 110 cm³/mol. The van der Waals surface area contributed by atoms with Crippen LogP contribution in [0.1, 0.15) is 50.2 Å². The summed E-state index contributed by atoms with van der Waals surface area (Å²) in [5.74, 6) is -1.47. The highest BCUT2D eigenvalue weighted by Gasteiger charge is 2.32. The van der Waals surface area contributed by atoms with Crippen LogP contribution in [-0.2, 0) is 15.1 Å². The summed E-state index contributed by atoms with van der Waals surface area (Å²) in [5, 5.41) is 12.4. The van der Waals surface area contributed by atoms with E-state index in [4.69, 9.17) is 5.11 Å². The fourth-order valence-corrected chi connectivity index (χ4v) is 3.87. The van der Waals surface area contributed by atoms with E-state index < -0.39 is 5.97 Å². The molecule has 1 heterocycles. The minimum Gasteiger partial charge on any atom is -0.481 e. The lowest BCUT2D eigenvalue weighted by atomic mass is 9.94. The van der Waals surface area contributed by atoms with Gasteiger partial charge in [-0.1, -0.05) is 30.3 Å². The summed E-state index contributed by atoms with van der Waals surface area (Å²) in [6, 6.07) is 14.4. The zero-order valence-corrected chi connectivity index (χ0v) is 16.8. The van der Waals surface area contributed by atoms with Crippen LogP contribution in [0.5, 0.6) is 0 Å². The average molecular weight is 398 g/mol. The van der Waals surface area contributed by atoms with Crippen LogP contribution in [0.4, 0.5) is 10.1 Å². The predicted octanol–water partition coefficient (Wildman–Crippen LogP) is 4.04. The monoisotopic (exact) mass is 398 g/mol. The van der Waals surface area contributed by atoms with Crippen LogP contribution < -0.4 is 10.2 Å². The second kappa shape index (κ2) is 8.74. The molecule has 0 spiro atoms. The molecule has 1 aliphatic rings. The highest BCUT2D eigenvalue weighted by atomic mass is 19.1. The molecule has 2 aromatic carbocycles. The molecule has 2 N–H and O–H groups in total. The van der Waals surface area contributed by atoms with Crippen molar-refractivity contribution in [2.24, 2.45) is 0 Å². The molecule has 0 saturated heterocycles. The third-order valence-electron chi connectivity index (χ3n) is 5.53. The van der Waals surface area contributed by atoms with Gasteiger partial charge in [0, 0.05) is 43.1 Å². The molecule has 0 bridgehead atoms. The van der Waals surface area contributed by atoms with E-state index in [1.807, 2.05) is 30.3 Å². The number of nitrogens with zero attached hydrogens (tertiary/aromatic N) is 1. The van der Waals surface area contributed by atoms with E-state index in [-0.39, 0.29) is 29.6 Å². The largest absolute Gasteiger partial charge is 0.481 e. The first-order valence-corrected chi connectivity index (χ1v) is 9.90. The SMILES string of the molecule is CC(C)(NCCC(=O)N1CC(CCC(=O)O)c2cc(F)ccc21)c1ccccc1. The molecule has 0 aliphatic carbocycles. The molecule has 0 radical (unpaired) electrons. The number of carbonyl (C=O) groups is 2. The molecule has 1 unspecified atom stereocenters. The van der Waals surface area contributed by atoms with Crippen molar-refractivity contribution in [2.45, 2.75) is 44.6 Å². The molecule has 2 aromatic rings. The Balaban J connectivity index is 1.64. The maximum absolute atomic E-state index is 13.7. The first-order chi connectivity index (χ1) is 13.8. The molecule has 0 fully saturated rings. The number of fused-ring (bicyclic) bond motifs is 1. The molecule has 1 aliphatic heterocycles. The number of carboxylic acid groups (broad SMARTS) is 1. The third-order valence-corrected chi connectivity index (χ3v) is 5.53. The number of nitrogens with one attached hydrogen (secondary N) is 1. The van der Waals surface area contributed by atoms with Crippen LogP contribution in [0.2, 0.25) is 0 Å². The van der Waals surface area contributed by atoms with E-state index in [9.17, 15) is 14.0 Å². The van der Waals surface area contributed by atoms with Gasteiger partial charge < -0.3 is 15.3 Å². The van der Waals surface area contributed by atoms with Crippen LogP contribution in [0, 0.1) is 5.82 Å². The van der Waals surface area contributed by atoms with Gasteiger partial charge in [0.2, 0.25) is 5.91 Å². The van der Waals surface area contributed by atoms with Crippen molar-refractivity contribution in [1.29, 1.82) is 0 Å². The Hall–Kier alpha value is -2.73. The maximum Gasteiger partial charge on any atom is 0.303 e. The van der Waals surface area contributed by atoms with Crippen molar-refractivity contribution in [3.05, 3.63) is 65.5 Å². The van der Waals surface area contributed by atoms with Crippen molar-refractivity contribution >= 4 is 17.6 Å². The number of aliphatic carboxylic acids is 1. The summed E-state index contributed by atoms with van der Waals surface area (Å²) in [6.45, 7) is 5.05. The van der Waals surface area contributed by atoms with Gasteiger partial charge in [0.1, 0.15) is 5.82 Å². The number of halogens is 1. The van der Waals surface area contributed by atoms with Gasteiger partial charge in [-0.2, -0.15) is 0 Å². The molecule has 5 nitrogen and oxygen atoms in total. The Morgan fingerprint density at radius 3 is 2.59 bits per heavy atom. The fraction of sp³-hybridized carbons (Fsp3) is 0.391. The summed E-state index contributed by atoms with van der Waals surface area (Å²) < 4.78 is 13.7. The number of carboxylic acids is 1. The fourth-order valence-electron chi connectivity index (χ4n) is 3.87. The Morgan fingerprint density at radius 1 is 1.17 bits per heavy atom. The standard InChI is InChI=1S/C23H27FN2O3/c1-23(2,17-6-4-3-5-7-17)25-13-12-21(27)26-15-16(8-11-22(28)29)19-14-18(24)9-10-20(19)26/h3-7,9-10,14,16,25H,8,11-13,15H2,1-2H3,(H,28,29). The second-order valence-electron chi connectivity index (χ2n) is 8.00. The quantitative estimate of drug-likeness (QED) is 0.704. The highest BCUT2D eigenvalue weighted by molar-refractivity contribution is 5.96. The second-order valence-corrected chi connectivity index (χ2v) is 8.00. The van der Waals surface area contributed by atoms with Gasteiger partial charge in [0.15, 0.2) is 0 Å². The van der Waals surface area contributed by atoms with Gasteiger partial charge in [-0.05, 0) is 49.6 Å². The minimum atomic E-state index is -0.889. The lowest BCUT2D eigenvalue weighted by Gasteiger charge is -2.27. The Labute approximate surface area is 170 Å². The molecule has 154 valence electrons. The van der Waals surface area contributed by atoms with E-state index in [1.54, 1.807) is 11.0 Å². The molecular formula is C23H27FN2O3. The van der Waals surface area contributed by atoms with Crippen LogP contribution in [0.15, 0.2) is 48.5 Å². The van der Waals surface area contributed by atoms with E-state index in [1.165, 1.54) is 12.1 Å². The van der Waals surface area contributed by atoms with Crippen molar-refractivity contribution in [2.75, 3.05) is 18.0 Å². The summed E-state index contributed by atoms with van der Waals surface area (Å²) in [5.41, 5.74) is 2.28. The van der Waals surface area contributed by atoms with E-state index in [0.717, 1.165) is 11.1 Å². The van der Waals surface area contributed by atoms with E-state index in [0.29, 0.717) is 31.6 Å². The number of anilines is 1. The van der Waals surface area contributed by atoms with Gasteiger partial charge in [0.05, 0.1) is 0 Å². The van der Waals surface area contributed by atoms with Crippen LogP contribution >= 0.6 is 0 Å². The van der Waals surface area contributed by atoms with Gasteiger partial charge in [-0.15, -0.1) is 0 Å². The Bertz CT molecular complexity index is 883. The number of benzene rings is 2. The molecule has 1 amide bonds. The van der Waals surface area contributed by atoms with E-state index in [2.05, 4.69) is 19.2 Å². The average Bonchev–Trinajstić information content (AvgIpc) is 3.04. The van der Waals surface area contributed by atoms with E-state index >= 15 is 0 Å². The van der Waals surface area contributed by atoms with Crippen molar-refractivity contribution in [3.8, 4) is 0 Å². The lowest BCUT2D eigenvalue weighted by molar-refractivity contribution is -0.137. The number of hydrogen-bond donors (Lipinski definition) is 2. The first-order valence-electron chi connectivity index (χ1n) is 9.90. The summed E-state index contributed by atoms with van der Waals surface area (Å²) in [7, 11) is 0. The molecule has 6 heteroatoms. The lowest BCUT2D eigenvalue weighted by Crippen LogP contribution is -2.39. The minimum absolute atomic E-state index is 0.00449. The number of amides is 1. The van der Waals surface area contributed by atoms with Crippen LogP contribution in [0.3, 0.4) is 0 Å². The molecular weight excluding hydrogens is 371 g/mol. The number of rotatable bonds is 8. The van der Waals surface area contributed by atoms with Gasteiger partial charge in [-0.25, -0.2) is 4.39 Å². The number of hydrogen-bond acceptors (Lipinski definition) is 3. The van der Waals surface area contributed by atoms with Crippen molar-refractivity contribution < 1.29 is 19.1 Å². The zero-order valence-electron chi connectivity index (χ0n) is 16.8. The molecule has 0 aromatic heterocycles. The topological polar surface area (TPSA) is 69.6 Å². The Kier molecular flexibility index (Phi) is 6.33. The molecule has 0 saturated carbocycles. The van der Waals surface area contributed by atoms with Crippen molar-refractivity contribution in [1.82, 2.24) is 5.32 Å². The van der Waals surface area contributed by atoms with Gasteiger partial charge in [-0.3, -0.25) is 9.59 Å². The smallest absolute Gasteiger partial charge is 0.303 e. The molecule has 29 heavy (non-hydrogen) atoms. The Morgan fingerprint density at radius 2 is 1.90 bits per heavy atom. The zero-order chi connectivity index (χ0) is 21.0. The summed E-state index contributed by atoms with van der Waals surface area (Å²) in [4.78, 5) is 25.5. The molecule has 1 atom stereocenters. The highest BCUT2D eigenvalue weighted by Crippen LogP contribution is 2.39. The summed E-state index contributed by atoms with van der Waals surface area (Å²) in [6.07, 6.45) is 0.684. The third kappa shape index (κ3) is 5.01. The normalized spacial score (nSPS) is 16.0. The maximum atomic E-state index is 13.7. The van der Waals surface area contributed by atoms with Crippen LogP contribution in [0.25, 0.3) is 0 Å². The number of carbonyl (C=O) groups excluding carboxylic acids is 1. The first kappa shape index (κ1) is 21.0. The van der Waals surface area contributed by atoms with Gasteiger partial charge in [0.25, 0.3) is 0 Å². The van der Waals surface area contributed by atoms with Gasteiger partial charge >= 0.3 is 5.97 Å². The summed E-state index contributed by atoms with van der Waals surface area (Å²) >= 11 is 0. The van der Waals surface area contributed by atoms with Crippen LogP contribution in [-0.4, -0.2) is 30.1 Å². The van der Waals surface area contributed by atoms with Crippen molar-refractivity contribution in [3.63, 3.8) is 0 Å².